The Morgan fingerprint density at radius 1 is 0.864 bits per heavy atom. The van der Waals surface area contributed by atoms with E-state index in [0.717, 1.165) is 36.8 Å². The Hall–Kier alpha value is -2.09. The van der Waals surface area contributed by atoms with Gasteiger partial charge in [0.15, 0.2) is 0 Å². The van der Waals surface area contributed by atoms with Crippen molar-refractivity contribution in [1.29, 1.82) is 0 Å². The molecule has 2 heteroatoms. The first kappa shape index (κ1) is 14.8. The molecule has 1 aliphatic rings. The van der Waals surface area contributed by atoms with Gasteiger partial charge in [0.2, 0.25) is 0 Å². The fraction of sp³-hybridized carbons (Fsp3) is 0.350. The van der Waals surface area contributed by atoms with Gasteiger partial charge in [-0.25, -0.2) is 0 Å². The quantitative estimate of drug-likeness (QED) is 0.851. The SMILES string of the molecule is O=C(O)[C@@H](c1ccc(-c2ccccc2)cc1)C1CCCCC1. The lowest BCUT2D eigenvalue weighted by Gasteiger charge is -2.27. The topological polar surface area (TPSA) is 37.3 Å². The molecule has 1 saturated carbocycles. The summed E-state index contributed by atoms with van der Waals surface area (Å²) in [6, 6.07) is 18.3. The van der Waals surface area contributed by atoms with E-state index in [1.807, 2.05) is 42.5 Å². The molecule has 0 saturated heterocycles. The highest BCUT2D eigenvalue weighted by atomic mass is 16.4. The number of aliphatic carboxylic acids is 1. The Labute approximate surface area is 131 Å². The molecule has 0 radical (unpaired) electrons. The summed E-state index contributed by atoms with van der Waals surface area (Å²) in [5.41, 5.74) is 3.25. The number of hydrogen-bond acceptors (Lipinski definition) is 1. The minimum atomic E-state index is -0.681. The van der Waals surface area contributed by atoms with Crippen molar-refractivity contribution in [2.24, 2.45) is 5.92 Å². The third-order valence-corrected chi connectivity index (χ3v) is 4.76. The Kier molecular flexibility index (Phi) is 4.57. The van der Waals surface area contributed by atoms with Gasteiger partial charge in [0.25, 0.3) is 0 Å². The van der Waals surface area contributed by atoms with E-state index in [1.54, 1.807) is 0 Å². The van der Waals surface area contributed by atoms with Crippen LogP contribution < -0.4 is 0 Å². The Bertz CT molecular complexity index is 610. The van der Waals surface area contributed by atoms with Crippen LogP contribution >= 0.6 is 0 Å². The van der Waals surface area contributed by atoms with Gasteiger partial charge < -0.3 is 5.11 Å². The maximum Gasteiger partial charge on any atom is 0.311 e. The second-order valence-electron chi connectivity index (χ2n) is 6.20. The van der Waals surface area contributed by atoms with Gasteiger partial charge in [0.05, 0.1) is 5.92 Å². The largest absolute Gasteiger partial charge is 0.481 e. The van der Waals surface area contributed by atoms with E-state index < -0.39 is 5.97 Å². The van der Waals surface area contributed by atoms with Crippen molar-refractivity contribution in [1.82, 2.24) is 0 Å². The van der Waals surface area contributed by atoms with Gasteiger partial charge in [-0.3, -0.25) is 4.79 Å². The van der Waals surface area contributed by atoms with Crippen LogP contribution in [0.3, 0.4) is 0 Å². The van der Waals surface area contributed by atoms with Gasteiger partial charge in [-0.05, 0) is 35.4 Å². The molecule has 1 N–H and O–H groups in total. The lowest BCUT2D eigenvalue weighted by atomic mass is 9.76. The molecule has 2 aromatic carbocycles. The van der Waals surface area contributed by atoms with Gasteiger partial charge in [0.1, 0.15) is 0 Å². The maximum atomic E-state index is 11.8. The van der Waals surface area contributed by atoms with Gasteiger partial charge in [-0.15, -0.1) is 0 Å². The third-order valence-electron chi connectivity index (χ3n) is 4.76. The number of hydrogen-bond donors (Lipinski definition) is 1. The molecule has 114 valence electrons. The second kappa shape index (κ2) is 6.78. The maximum absolute atomic E-state index is 11.8. The highest BCUT2D eigenvalue weighted by Crippen LogP contribution is 2.36. The van der Waals surface area contributed by atoms with Crippen LogP contribution in [0.25, 0.3) is 11.1 Å². The fourth-order valence-corrected chi connectivity index (χ4v) is 3.60. The summed E-state index contributed by atoms with van der Waals surface area (Å²) < 4.78 is 0. The fourth-order valence-electron chi connectivity index (χ4n) is 3.60. The van der Waals surface area contributed by atoms with E-state index in [-0.39, 0.29) is 11.8 Å². The molecule has 0 amide bonds. The highest BCUT2D eigenvalue weighted by Gasteiger charge is 2.30. The molecule has 1 atom stereocenters. The summed E-state index contributed by atoms with van der Waals surface area (Å²) >= 11 is 0. The Morgan fingerprint density at radius 2 is 1.45 bits per heavy atom. The van der Waals surface area contributed by atoms with Crippen molar-refractivity contribution in [2.45, 2.75) is 38.0 Å². The average Bonchev–Trinajstić information content (AvgIpc) is 2.57. The number of rotatable bonds is 4. The lowest BCUT2D eigenvalue weighted by Crippen LogP contribution is -2.23. The van der Waals surface area contributed by atoms with Crippen molar-refractivity contribution < 1.29 is 9.90 Å². The van der Waals surface area contributed by atoms with Gasteiger partial charge in [-0.2, -0.15) is 0 Å². The summed E-state index contributed by atoms with van der Waals surface area (Å²) in [6.45, 7) is 0. The summed E-state index contributed by atoms with van der Waals surface area (Å²) in [5, 5.41) is 9.67. The molecule has 0 unspecified atom stereocenters. The van der Waals surface area contributed by atoms with Gasteiger partial charge in [0, 0.05) is 0 Å². The molecule has 2 nitrogen and oxygen atoms in total. The van der Waals surface area contributed by atoms with E-state index in [1.165, 1.54) is 12.0 Å². The van der Waals surface area contributed by atoms with Crippen molar-refractivity contribution in [3.63, 3.8) is 0 Å². The normalized spacial score (nSPS) is 17.1. The molecular formula is C20H22O2. The Morgan fingerprint density at radius 3 is 2.05 bits per heavy atom. The zero-order valence-electron chi connectivity index (χ0n) is 12.7. The molecule has 2 aromatic rings. The molecule has 0 heterocycles. The van der Waals surface area contributed by atoms with Crippen molar-refractivity contribution >= 4 is 5.97 Å². The zero-order valence-corrected chi connectivity index (χ0v) is 12.7. The van der Waals surface area contributed by atoms with E-state index in [9.17, 15) is 9.90 Å². The number of carboxylic acid groups (broad SMARTS) is 1. The molecule has 1 fully saturated rings. The molecule has 0 spiro atoms. The molecule has 3 rings (SSSR count). The first-order chi connectivity index (χ1) is 10.8. The van der Waals surface area contributed by atoms with Crippen LogP contribution in [-0.4, -0.2) is 11.1 Å². The molecule has 0 aromatic heterocycles. The predicted molar refractivity (Wildman–Crippen MR) is 88.8 cm³/mol. The first-order valence-corrected chi connectivity index (χ1v) is 8.14. The van der Waals surface area contributed by atoms with Crippen LogP contribution in [-0.2, 0) is 4.79 Å². The Balaban J connectivity index is 1.84. The molecule has 1 aliphatic carbocycles. The van der Waals surface area contributed by atoms with E-state index >= 15 is 0 Å². The van der Waals surface area contributed by atoms with Crippen molar-refractivity contribution in [3.05, 3.63) is 60.2 Å². The van der Waals surface area contributed by atoms with Crippen LogP contribution in [0.2, 0.25) is 0 Å². The number of carbonyl (C=O) groups is 1. The summed E-state index contributed by atoms with van der Waals surface area (Å²) in [6.07, 6.45) is 5.65. The molecular weight excluding hydrogens is 272 g/mol. The van der Waals surface area contributed by atoms with Crippen LogP contribution in [0.1, 0.15) is 43.6 Å². The van der Waals surface area contributed by atoms with Crippen LogP contribution in [0.5, 0.6) is 0 Å². The highest BCUT2D eigenvalue weighted by molar-refractivity contribution is 5.77. The third kappa shape index (κ3) is 3.22. The standard InChI is InChI=1S/C20H22O2/c21-20(22)19(17-9-5-2-6-10-17)18-13-11-16(12-14-18)15-7-3-1-4-8-15/h1,3-4,7-8,11-14,17,19H,2,5-6,9-10H2,(H,21,22)/t19-/m1/s1. The van der Waals surface area contributed by atoms with Crippen molar-refractivity contribution in [3.8, 4) is 11.1 Å². The van der Waals surface area contributed by atoms with Crippen molar-refractivity contribution in [2.75, 3.05) is 0 Å². The summed E-state index contributed by atoms with van der Waals surface area (Å²) in [4.78, 5) is 11.8. The van der Waals surface area contributed by atoms with Gasteiger partial charge >= 0.3 is 5.97 Å². The van der Waals surface area contributed by atoms with E-state index in [2.05, 4.69) is 12.1 Å². The van der Waals surface area contributed by atoms with Crippen LogP contribution in [0.4, 0.5) is 0 Å². The minimum Gasteiger partial charge on any atom is -0.481 e. The smallest absolute Gasteiger partial charge is 0.311 e. The monoisotopic (exact) mass is 294 g/mol. The zero-order chi connectivity index (χ0) is 15.4. The molecule has 0 bridgehead atoms. The van der Waals surface area contributed by atoms with E-state index in [4.69, 9.17) is 0 Å². The first-order valence-electron chi connectivity index (χ1n) is 8.14. The lowest BCUT2D eigenvalue weighted by molar-refractivity contribution is -0.140. The molecule has 22 heavy (non-hydrogen) atoms. The second-order valence-corrected chi connectivity index (χ2v) is 6.20. The van der Waals surface area contributed by atoms with Crippen LogP contribution in [0, 0.1) is 5.92 Å². The van der Waals surface area contributed by atoms with E-state index in [0.29, 0.717) is 0 Å². The average molecular weight is 294 g/mol. The molecule has 0 aliphatic heterocycles. The minimum absolute atomic E-state index is 0.286. The predicted octanol–water partition coefficient (Wildman–Crippen LogP) is 5.10. The van der Waals surface area contributed by atoms with Gasteiger partial charge in [-0.1, -0.05) is 73.9 Å². The summed E-state index contributed by atoms with van der Waals surface area (Å²) in [7, 11) is 0. The number of benzene rings is 2. The number of carboxylic acids is 1. The van der Waals surface area contributed by atoms with Crippen LogP contribution in [0.15, 0.2) is 54.6 Å². The summed E-state index contributed by atoms with van der Waals surface area (Å²) in [5.74, 6) is -0.752.